The van der Waals surface area contributed by atoms with Gasteiger partial charge in [0, 0.05) is 18.3 Å². The topological polar surface area (TPSA) is 58.9 Å². The fourth-order valence-electron chi connectivity index (χ4n) is 7.62. The lowest BCUT2D eigenvalue weighted by Gasteiger charge is -2.57. The number of oxime groups is 1. The summed E-state index contributed by atoms with van der Waals surface area (Å²) >= 11 is 0. The van der Waals surface area contributed by atoms with Crippen LogP contribution >= 0.6 is 0 Å². The Hall–Kier alpha value is -1.42. The fourth-order valence-corrected chi connectivity index (χ4v) is 7.62. The summed E-state index contributed by atoms with van der Waals surface area (Å²) in [6.45, 7) is 13.2. The van der Waals surface area contributed by atoms with Gasteiger partial charge < -0.3 is 9.94 Å². The average Bonchev–Trinajstić information content (AvgIpc) is 3.05. The molecule has 0 aromatic heterocycles. The first-order valence-electron chi connectivity index (χ1n) is 11.9. The van der Waals surface area contributed by atoms with Crippen molar-refractivity contribution in [3.63, 3.8) is 0 Å². The summed E-state index contributed by atoms with van der Waals surface area (Å²) in [5.74, 6) is 1.89. The number of aliphatic hydroxyl groups excluding tert-OH is 1. The largest absolute Gasteiger partial charge is 0.396 e. The van der Waals surface area contributed by atoms with Crippen LogP contribution in [-0.2, 0) is 9.63 Å². The molecule has 4 aliphatic rings. The molecule has 166 valence electrons. The molecule has 4 nitrogen and oxygen atoms in total. The van der Waals surface area contributed by atoms with Crippen LogP contribution in [0.25, 0.3) is 0 Å². The van der Waals surface area contributed by atoms with Crippen molar-refractivity contribution in [3.8, 4) is 0 Å². The number of aliphatic hydroxyl groups is 1. The molecule has 0 bridgehead atoms. The summed E-state index contributed by atoms with van der Waals surface area (Å²) in [6.07, 6.45) is 10.5. The number of ketones is 1. The van der Waals surface area contributed by atoms with Gasteiger partial charge in [0.1, 0.15) is 6.61 Å². The zero-order valence-electron chi connectivity index (χ0n) is 19.2. The Morgan fingerprint density at radius 1 is 1.27 bits per heavy atom. The predicted molar refractivity (Wildman–Crippen MR) is 120 cm³/mol. The third kappa shape index (κ3) is 3.30. The van der Waals surface area contributed by atoms with Gasteiger partial charge in [-0.25, -0.2) is 0 Å². The lowest BCUT2D eigenvalue weighted by molar-refractivity contribution is -0.135. The van der Waals surface area contributed by atoms with E-state index in [0.29, 0.717) is 30.1 Å². The zero-order chi connectivity index (χ0) is 21.7. The summed E-state index contributed by atoms with van der Waals surface area (Å²) in [5, 5.41) is 15.1. The monoisotopic (exact) mass is 413 g/mol. The number of carbonyl (C=O) groups excluding carboxylic acids is 1. The maximum Gasteiger partial charge on any atom is 0.159 e. The molecule has 0 aliphatic heterocycles. The summed E-state index contributed by atoms with van der Waals surface area (Å²) in [4.78, 5) is 18.8. The van der Waals surface area contributed by atoms with Gasteiger partial charge in [-0.2, -0.15) is 0 Å². The second kappa shape index (κ2) is 7.93. The average molecular weight is 414 g/mol. The third-order valence-electron chi connectivity index (χ3n) is 9.40. The minimum atomic E-state index is -0.287. The number of carbonyl (C=O) groups is 1. The van der Waals surface area contributed by atoms with Crippen LogP contribution < -0.4 is 0 Å². The van der Waals surface area contributed by atoms with Gasteiger partial charge in [-0.15, -0.1) is 6.58 Å². The van der Waals surface area contributed by atoms with E-state index in [2.05, 4.69) is 39.4 Å². The molecule has 0 amide bonds. The maximum absolute atomic E-state index is 13.2. The molecule has 0 radical (unpaired) electrons. The highest BCUT2D eigenvalue weighted by Crippen LogP contribution is 2.65. The van der Waals surface area contributed by atoms with E-state index < -0.39 is 0 Å². The van der Waals surface area contributed by atoms with Crippen LogP contribution in [0.15, 0.2) is 29.5 Å². The number of hydrogen-bond acceptors (Lipinski definition) is 4. The minimum absolute atomic E-state index is 0.0766. The molecule has 0 aromatic rings. The van der Waals surface area contributed by atoms with Gasteiger partial charge >= 0.3 is 0 Å². The van der Waals surface area contributed by atoms with Crippen LogP contribution in [0.3, 0.4) is 0 Å². The van der Waals surface area contributed by atoms with Crippen LogP contribution in [0.1, 0.15) is 72.6 Å². The number of nitrogens with zero attached hydrogens (tertiary/aromatic N) is 1. The molecule has 4 heteroatoms. The first kappa shape index (κ1) is 21.8. The van der Waals surface area contributed by atoms with E-state index in [0.717, 1.165) is 50.7 Å². The number of rotatable bonds is 5. The summed E-state index contributed by atoms with van der Waals surface area (Å²) in [5.41, 5.74) is 2.53. The van der Waals surface area contributed by atoms with E-state index in [1.54, 1.807) is 0 Å². The van der Waals surface area contributed by atoms with Crippen LogP contribution in [0.4, 0.5) is 0 Å². The van der Waals surface area contributed by atoms with Crippen LogP contribution in [0, 0.1) is 40.4 Å². The molecule has 1 N–H and O–H groups in total. The molecule has 3 saturated carbocycles. The van der Waals surface area contributed by atoms with Gasteiger partial charge in [0.15, 0.2) is 5.78 Å². The van der Waals surface area contributed by atoms with E-state index in [4.69, 9.17) is 4.84 Å². The Morgan fingerprint density at radius 2 is 2.00 bits per heavy atom. The lowest BCUT2D eigenvalue weighted by atomic mass is 9.47. The van der Waals surface area contributed by atoms with E-state index in [1.165, 1.54) is 5.57 Å². The van der Waals surface area contributed by atoms with Gasteiger partial charge in [0.25, 0.3) is 0 Å². The lowest BCUT2D eigenvalue weighted by Crippen LogP contribution is -2.54. The Morgan fingerprint density at radius 3 is 2.73 bits per heavy atom. The van der Waals surface area contributed by atoms with Crippen LogP contribution in [-0.4, -0.2) is 29.3 Å². The Kier molecular flexibility index (Phi) is 5.76. The van der Waals surface area contributed by atoms with Crippen molar-refractivity contribution in [2.24, 2.45) is 45.6 Å². The number of hydrogen-bond donors (Lipinski definition) is 1. The molecule has 3 fully saturated rings. The highest BCUT2D eigenvalue weighted by atomic mass is 16.6. The van der Waals surface area contributed by atoms with E-state index >= 15 is 0 Å². The fraction of sp³-hybridized carbons (Fsp3) is 0.769. The first-order valence-corrected chi connectivity index (χ1v) is 11.9. The van der Waals surface area contributed by atoms with Crippen LogP contribution in [0.2, 0.25) is 0 Å². The number of allylic oxidation sites excluding steroid dienone is 2. The zero-order valence-corrected chi connectivity index (χ0v) is 19.2. The van der Waals surface area contributed by atoms with Gasteiger partial charge in [-0.3, -0.25) is 4.79 Å². The maximum atomic E-state index is 13.2. The van der Waals surface area contributed by atoms with Gasteiger partial charge in [0.05, 0.1) is 11.8 Å². The molecule has 0 heterocycles. The summed E-state index contributed by atoms with van der Waals surface area (Å²) in [6, 6.07) is 0. The van der Waals surface area contributed by atoms with E-state index in [-0.39, 0.29) is 28.8 Å². The second-order valence-corrected chi connectivity index (χ2v) is 11.0. The Bertz CT molecular complexity index is 770. The standard InChI is InChI=1S/C26H39NO3/c1-6-7-12-30-27-17(3)19-8-9-20-18-14-23(28)22-13-16(2)24(29)15-26(22,5)21(18)10-11-25(19,20)4/h6,14,16,19-22,24,29H,1,7-13,15H2,2-5H3/b27-17+/t16-,19-,20+,21?,22+,24+,25-,26-/m1/s1. The first-order chi connectivity index (χ1) is 14.2. The van der Waals surface area contributed by atoms with Crippen molar-refractivity contribution < 1.29 is 14.7 Å². The Labute approximate surface area is 181 Å². The molecule has 8 atom stereocenters. The second-order valence-electron chi connectivity index (χ2n) is 11.0. The smallest absolute Gasteiger partial charge is 0.159 e. The van der Waals surface area contributed by atoms with Crippen molar-refractivity contribution in [1.82, 2.24) is 0 Å². The van der Waals surface area contributed by atoms with Crippen molar-refractivity contribution in [3.05, 3.63) is 24.3 Å². The molecule has 0 saturated heterocycles. The van der Waals surface area contributed by atoms with E-state index in [9.17, 15) is 9.90 Å². The molecule has 0 spiro atoms. The number of fused-ring (bicyclic) bond motifs is 5. The van der Waals surface area contributed by atoms with Crippen LogP contribution in [0.5, 0.6) is 0 Å². The third-order valence-corrected chi connectivity index (χ3v) is 9.40. The highest BCUT2D eigenvalue weighted by molar-refractivity contribution is 5.94. The molecular formula is C26H39NO3. The van der Waals surface area contributed by atoms with E-state index in [1.807, 2.05) is 12.2 Å². The van der Waals surface area contributed by atoms with Gasteiger partial charge in [-0.1, -0.05) is 37.6 Å². The highest BCUT2D eigenvalue weighted by Gasteiger charge is 2.60. The quantitative estimate of drug-likeness (QED) is 0.287. The van der Waals surface area contributed by atoms with Crippen molar-refractivity contribution >= 4 is 11.5 Å². The summed E-state index contributed by atoms with van der Waals surface area (Å²) < 4.78 is 0. The molecule has 30 heavy (non-hydrogen) atoms. The van der Waals surface area contributed by atoms with Crippen molar-refractivity contribution in [2.75, 3.05) is 6.61 Å². The van der Waals surface area contributed by atoms with Crippen molar-refractivity contribution in [1.29, 1.82) is 0 Å². The Balaban J connectivity index is 1.60. The molecule has 0 aromatic carbocycles. The predicted octanol–water partition coefficient (Wildman–Crippen LogP) is 5.32. The SMILES string of the molecule is C=CCCO/N=C(\C)[C@H]1CC[C@H]2C3=CC(=O)[C@@H]4C[C@@H](C)[C@@H](O)C[C@]4(C)C3CC[C@]12C. The molecule has 4 rings (SSSR count). The minimum Gasteiger partial charge on any atom is -0.396 e. The van der Waals surface area contributed by atoms with Gasteiger partial charge in [0.2, 0.25) is 0 Å². The van der Waals surface area contributed by atoms with Crippen molar-refractivity contribution in [2.45, 2.75) is 78.7 Å². The normalized spacial score (nSPS) is 45.8. The van der Waals surface area contributed by atoms with Gasteiger partial charge in [-0.05, 0) is 80.1 Å². The summed E-state index contributed by atoms with van der Waals surface area (Å²) in [7, 11) is 0. The molecular weight excluding hydrogens is 374 g/mol. The molecule has 4 aliphatic carbocycles. The molecule has 1 unspecified atom stereocenters.